The summed E-state index contributed by atoms with van der Waals surface area (Å²) in [6, 6.07) is 8.00. The highest BCUT2D eigenvalue weighted by Gasteiger charge is 2.15. The van der Waals surface area contributed by atoms with Crippen molar-refractivity contribution in [3.8, 4) is 0 Å². The minimum absolute atomic E-state index is 0. The molecule has 0 aromatic heterocycles. The maximum absolute atomic E-state index is 11.5. The lowest BCUT2D eigenvalue weighted by molar-refractivity contribution is -0.122. The molecule has 1 aliphatic heterocycles. The summed E-state index contributed by atoms with van der Waals surface area (Å²) in [6.07, 6.45) is 2.59. The summed E-state index contributed by atoms with van der Waals surface area (Å²) in [5.41, 5.74) is 7.99. The zero-order valence-electron chi connectivity index (χ0n) is 14.0. The molecular weight excluding hydrogens is 333 g/mol. The van der Waals surface area contributed by atoms with Crippen LogP contribution in [0.25, 0.3) is 0 Å². The van der Waals surface area contributed by atoms with Gasteiger partial charge >= 0.3 is 0 Å². The lowest BCUT2D eigenvalue weighted by Gasteiger charge is -2.30. The van der Waals surface area contributed by atoms with Gasteiger partial charge < -0.3 is 11.1 Å². The monoisotopic (exact) mass is 361 g/mol. The Labute approximate surface area is 152 Å². The van der Waals surface area contributed by atoms with Crippen molar-refractivity contribution >= 4 is 30.7 Å². The molecule has 1 fully saturated rings. The fourth-order valence-corrected chi connectivity index (χ4v) is 2.67. The van der Waals surface area contributed by atoms with Crippen LogP contribution in [0.5, 0.6) is 0 Å². The average molecular weight is 362 g/mol. The van der Waals surface area contributed by atoms with Crippen molar-refractivity contribution in [1.82, 2.24) is 10.2 Å². The molecule has 4 nitrogen and oxygen atoms in total. The highest BCUT2D eigenvalue weighted by Crippen LogP contribution is 2.18. The van der Waals surface area contributed by atoms with Gasteiger partial charge in [-0.2, -0.15) is 0 Å². The summed E-state index contributed by atoms with van der Waals surface area (Å²) in [5.74, 6) is 0.756. The van der Waals surface area contributed by atoms with Crippen LogP contribution in [0.3, 0.4) is 0 Å². The molecule has 1 atom stereocenters. The number of nitrogens with two attached hydrogens (primary N) is 1. The first-order valence-electron chi connectivity index (χ1n) is 7.88. The SMILES string of the molecule is CC1CCN(Cc2cccc(CNC(=O)[C@@H](C)N)c2)CC1.Cl.Cl. The summed E-state index contributed by atoms with van der Waals surface area (Å²) in [6.45, 7) is 7.95. The van der Waals surface area contributed by atoms with E-state index < -0.39 is 6.04 Å². The Morgan fingerprint density at radius 1 is 1.30 bits per heavy atom. The molecular formula is C17H29Cl2N3O. The zero-order valence-corrected chi connectivity index (χ0v) is 15.6. The fourth-order valence-electron chi connectivity index (χ4n) is 2.67. The topological polar surface area (TPSA) is 58.4 Å². The third-order valence-corrected chi connectivity index (χ3v) is 4.15. The maximum Gasteiger partial charge on any atom is 0.236 e. The maximum atomic E-state index is 11.5. The number of halogens is 2. The summed E-state index contributed by atoms with van der Waals surface area (Å²) < 4.78 is 0. The molecule has 132 valence electrons. The number of hydrogen-bond donors (Lipinski definition) is 2. The van der Waals surface area contributed by atoms with Gasteiger partial charge in [0.05, 0.1) is 6.04 Å². The number of carbonyl (C=O) groups is 1. The van der Waals surface area contributed by atoms with E-state index in [4.69, 9.17) is 5.73 Å². The molecule has 1 aromatic rings. The predicted octanol–water partition coefficient (Wildman–Crippen LogP) is 2.73. The van der Waals surface area contributed by atoms with Crippen LogP contribution in [-0.2, 0) is 17.9 Å². The molecule has 0 bridgehead atoms. The van der Waals surface area contributed by atoms with Crippen molar-refractivity contribution in [2.24, 2.45) is 11.7 Å². The van der Waals surface area contributed by atoms with Crippen molar-refractivity contribution in [1.29, 1.82) is 0 Å². The Morgan fingerprint density at radius 2 is 1.91 bits per heavy atom. The van der Waals surface area contributed by atoms with Crippen LogP contribution in [-0.4, -0.2) is 29.9 Å². The van der Waals surface area contributed by atoms with Gasteiger partial charge in [0.15, 0.2) is 0 Å². The van der Waals surface area contributed by atoms with Crippen molar-refractivity contribution in [3.63, 3.8) is 0 Å². The molecule has 1 aromatic carbocycles. The van der Waals surface area contributed by atoms with Crippen LogP contribution in [0.4, 0.5) is 0 Å². The number of piperidine rings is 1. The quantitative estimate of drug-likeness (QED) is 0.847. The van der Waals surface area contributed by atoms with Gasteiger partial charge in [-0.15, -0.1) is 24.8 Å². The summed E-state index contributed by atoms with van der Waals surface area (Å²) in [5, 5.41) is 2.86. The number of carbonyl (C=O) groups excluding carboxylic acids is 1. The third-order valence-electron chi connectivity index (χ3n) is 4.15. The minimum Gasteiger partial charge on any atom is -0.351 e. The standard InChI is InChI=1S/C17H27N3O.2ClH/c1-13-6-8-20(9-7-13)12-16-5-3-4-15(10-16)11-19-17(21)14(2)18;;/h3-5,10,13-14H,6-9,11-12,18H2,1-2H3,(H,19,21);2*1H/t14-;;/m1../s1. The molecule has 0 spiro atoms. The third kappa shape index (κ3) is 7.53. The fraction of sp³-hybridized carbons (Fsp3) is 0.588. The Hall–Kier alpha value is -0.810. The predicted molar refractivity (Wildman–Crippen MR) is 100 cm³/mol. The molecule has 1 heterocycles. The van der Waals surface area contributed by atoms with Gasteiger partial charge in [-0.3, -0.25) is 9.69 Å². The van der Waals surface area contributed by atoms with E-state index in [0.29, 0.717) is 6.54 Å². The van der Waals surface area contributed by atoms with Gasteiger partial charge in [-0.05, 0) is 49.9 Å². The Balaban J connectivity index is 0.00000242. The number of amides is 1. The highest BCUT2D eigenvalue weighted by atomic mass is 35.5. The second kappa shape index (κ2) is 10.9. The Kier molecular flexibility index (Phi) is 10.5. The van der Waals surface area contributed by atoms with Crippen LogP contribution in [0.15, 0.2) is 24.3 Å². The smallest absolute Gasteiger partial charge is 0.236 e. The molecule has 2 rings (SSSR count). The van der Waals surface area contributed by atoms with E-state index in [9.17, 15) is 4.79 Å². The number of hydrogen-bond acceptors (Lipinski definition) is 3. The largest absolute Gasteiger partial charge is 0.351 e. The van der Waals surface area contributed by atoms with Gasteiger partial charge in [-0.25, -0.2) is 0 Å². The van der Waals surface area contributed by atoms with Crippen molar-refractivity contribution in [2.45, 2.75) is 45.8 Å². The van der Waals surface area contributed by atoms with Crippen molar-refractivity contribution in [3.05, 3.63) is 35.4 Å². The van der Waals surface area contributed by atoms with Crippen molar-refractivity contribution in [2.75, 3.05) is 13.1 Å². The summed E-state index contributed by atoms with van der Waals surface area (Å²) in [4.78, 5) is 14.0. The summed E-state index contributed by atoms with van der Waals surface area (Å²) in [7, 11) is 0. The van der Waals surface area contributed by atoms with Gasteiger partial charge in [0.1, 0.15) is 0 Å². The Morgan fingerprint density at radius 3 is 2.52 bits per heavy atom. The van der Waals surface area contributed by atoms with E-state index in [1.54, 1.807) is 6.92 Å². The van der Waals surface area contributed by atoms with E-state index >= 15 is 0 Å². The molecule has 0 saturated carbocycles. The van der Waals surface area contributed by atoms with Gasteiger partial charge in [0.25, 0.3) is 0 Å². The van der Waals surface area contributed by atoms with Gasteiger partial charge in [0, 0.05) is 13.1 Å². The zero-order chi connectivity index (χ0) is 15.2. The van der Waals surface area contributed by atoms with E-state index in [1.165, 1.54) is 31.5 Å². The van der Waals surface area contributed by atoms with E-state index in [0.717, 1.165) is 18.0 Å². The lowest BCUT2D eigenvalue weighted by Crippen LogP contribution is -2.37. The average Bonchev–Trinajstić information content (AvgIpc) is 2.47. The number of benzene rings is 1. The first-order chi connectivity index (χ1) is 10.0. The molecule has 6 heteroatoms. The molecule has 3 N–H and O–H groups in total. The highest BCUT2D eigenvalue weighted by molar-refractivity contribution is 5.85. The molecule has 1 amide bonds. The van der Waals surface area contributed by atoms with Crippen LogP contribution in [0, 0.1) is 5.92 Å². The van der Waals surface area contributed by atoms with Crippen LogP contribution in [0.2, 0.25) is 0 Å². The van der Waals surface area contributed by atoms with E-state index in [2.05, 4.69) is 35.3 Å². The van der Waals surface area contributed by atoms with Crippen LogP contribution in [0.1, 0.15) is 37.8 Å². The number of nitrogens with zero attached hydrogens (tertiary/aromatic N) is 1. The normalized spacial score (nSPS) is 16.8. The molecule has 23 heavy (non-hydrogen) atoms. The summed E-state index contributed by atoms with van der Waals surface area (Å²) >= 11 is 0. The second-order valence-corrected chi connectivity index (χ2v) is 6.29. The molecule has 0 radical (unpaired) electrons. The van der Waals surface area contributed by atoms with Gasteiger partial charge in [0.2, 0.25) is 5.91 Å². The van der Waals surface area contributed by atoms with Crippen molar-refractivity contribution < 1.29 is 4.79 Å². The minimum atomic E-state index is -0.455. The van der Waals surface area contributed by atoms with Crippen LogP contribution >= 0.6 is 24.8 Å². The Bertz CT molecular complexity index is 475. The van der Waals surface area contributed by atoms with E-state index in [1.807, 2.05) is 6.07 Å². The number of nitrogens with one attached hydrogen (secondary N) is 1. The first-order valence-corrected chi connectivity index (χ1v) is 7.88. The number of rotatable bonds is 5. The van der Waals surface area contributed by atoms with Gasteiger partial charge in [-0.1, -0.05) is 31.2 Å². The lowest BCUT2D eigenvalue weighted by atomic mass is 9.98. The molecule has 0 unspecified atom stereocenters. The number of likely N-dealkylation sites (tertiary alicyclic amines) is 1. The van der Waals surface area contributed by atoms with Crippen LogP contribution < -0.4 is 11.1 Å². The molecule has 0 aliphatic carbocycles. The molecule has 1 aliphatic rings. The van der Waals surface area contributed by atoms with E-state index in [-0.39, 0.29) is 30.7 Å². The first kappa shape index (κ1) is 22.2. The molecule has 1 saturated heterocycles. The second-order valence-electron chi connectivity index (χ2n) is 6.29.